The summed E-state index contributed by atoms with van der Waals surface area (Å²) in [4.78, 5) is 21.4. The molecule has 0 heterocycles. The van der Waals surface area contributed by atoms with Gasteiger partial charge >= 0.3 is 0 Å². The molecule has 0 aliphatic heterocycles. The summed E-state index contributed by atoms with van der Waals surface area (Å²) in [5.74, 6) is -0.668. The van der Waals surface area contributed by atoms with Gasteiger partial charge in [-0.2, -0.15) is 0 Å². The van der Waals surface area contributed by atoms with E-state index in [0.29, 0.717) is 6.61 Å². The number of hydrogen-bond acceptors (Lipinski definition) is 4. The van der Waals surface area contributed by atoms with Gasteiger partial charge in [0.25, 0.3) is 0 Å². The van der Waals surface area contributed by atoms with Crippen molar-refractivity contribution >= 4 is 11.8 Å². The summed E-state index contributed by atoms with van der Waals surface area (Å²) in [6.45, 7) is 2.38. The van der Waals surface area contributed by atoms with Gasteiger partial charge in [0.2, 0.25) is 11.8 Å². The van der Waals surface area contributed by atoms with Gasteiger partial charge in [0.15, 0.2) is 0 Å². The summed E-state index contributed by atoms with van der Waals surface area (Å²) in [6.07, 6.45) is 0. The Morgan fingerprint density at radius 2 is 2.07 bits per heavy atom. The summed E-state index contributed by atoms with van der Waals surface area (Å²) < 4.78 is 4.84. The quantitative estimate of drug-likeness (QED) is 0.455. The molecule has 0 saturated carbocycles. The van der Waals surface area contributed by atoms with Crippen molar-refractivity contribution in [3.05, 3.63) is 0 Å². The first kappa shape index (κ1) is 12.9. The second-order valence-corrected chi connectivity index (χ2v) is 2.99. The molecule has 2 amide bonds. The highest BCUT2D eigenvalue weighted by atomic mass is 16.5. The van der Waals surface area contributed by atoms with Crippen molar-refractivity contribution in [3.8, 4) is 0 Å². The molecule has 1 atom stereocenters. The van der Waals surface area contributed by atoms with Crippen LogP contribution in [0.2, 0.25) is 0 Å². The first-order valence-electron chi connectivity index (χ1n) is 4.33. The van der Waals surface area contributed by atoms with Crippen LogP contribution in [0.15, 0.2) is 0 Å². The zero-order valence-corrected chi connectivity index (χ0v) is 8.50. The van der Waals surface area contributed by atoms with Crippen molar-refractivity contribution in [1.82, 2.24) is 10.6 Å². The van der Waals surface area contributed by atoms with Crippen molar-refractivity contribution < 1.29 is 14.3 Å². The summed E-state index contributed by atoms with van der Waals surface area (Å²) in [6, 6.07) is -0.0390. The molecule has 0 aliphatic rings. The van der Waals surface area contributed by atoms with Gasteiger partial charge in [-0.05, 0) is 6.92 Å². The molecule has 0 radical (unpaired) electrons. The Bertz CT molecular complexity index is 196. The molecule has 0 aliphatic carbocycles. The van der Waals surface area contributed by atoms with Gasteiger partial charge in [-0.3, -0.25) is 14.9 Å². The smallest absolute Gasteiger partial charge is 0.234 e. The lowest BCUT2D eigenvalue weighted by Crippen LogP contribution is -2.42. The molecule has 14 heavy (non-hydrogen) atoms. The van der Waals surface area contributed by atoms with Crippen molar-refractivity contribution in [2.45, 2.75) is 13.0 Å². The maximum atomic E-state index is 11.1. The van der Waals surface area contributed by atoms with Crippen LogP contribution in [-0.2, 0) is 14.3 Å². The Labute approximate surface area is 83.2 Å². The number of carbonyl (C=O) groups excluding carboxylic acids is 2. The van der Waals surface area contributed by atoms with Gasteiger partial charge < -0.3 is 15.8 Å². The van der Waals surface area contributed by atoms with E-state index in [9.17, 15) is 9.59 Å². The number of ether oxygens (including phenoxy) is 1. The minimum atomic E-state index is -0.484. The van der Waals surface area contributed by atoms with Crippen molar-refractivity contribution in [1.29, 1.82) is 0 Å². The maximum absolute atomic E-state index is 11.1. The van der Waals surface area contributed by atoms with Crippen molar-refractivity contribution in [3.63, 3.8) is 0 Å². The van der Waals surface area contributed by atoms with Gasteiger partial charge in [-0.1, -0.05) is 0 Å². The molecule has 0 rings (SSSR count). The molecule has 1 unspecified atom stereocenters. The van der Waals surface area contributed by atoms with E-state index >= 15 is 0 Å². The Morgan fingerprint density at radius 1 is 1.43 bits per heavy atom. The summed E-state index contributed by atoms with van der Waals surface area (Å²) in [5.41, 5.74) is 4.87. The van der Waals surface area contributed by atoms with Gasteiger partial charge in [-0.15, -0.1) is 0 Å². The van der Waals surface area contributed by atoms with Crippen LogP contribution in [0.5, 0.6) is 0 Å². The zero-order chi connectivity index (χ0) is 11.0. The first-order valence-corrected chi connectivity index (χ1v) is 4.33. The highest BCUT2D eigenvalue weighted by Gasteiger charge is 2.06. The van der Waals surface area contributed by atoms with E-state index in [2.05, 4.69) is 10.6 Å². The van der Waals surface area contributed by atoms with Crippen LogP contribution in [0.4, 0.5) is 0 Å². The summed E-state index contributed by atoms with van der Waals surface area (Å²) in [5, 5.41) is 5.28. The second-order valence-electron chi connectivity index (χ2n) is 2.99. The fourth-order valence-corrected chi connectivity index (χ4v) is 0.917. The van der Waals surface area contributed by atoms with E-state index in [1.54, 1.807) is 7.11 Å². The summed E-state index contributed by atoms with van der Waals surface area (Å²) in [7, 11) is 1.56. The lowest BCUT2D eigenvalue weighted by atomic mass is 10.3. The lowest BCUT2D eigenvalue weighted by Gasteiger charge is -2.12. The highest BCUT2D eigenvalue weighted by molar-refractivity contribution is 5.80. The molecular formula is C8H17N3O3. The van der Waals surface area contributed by atoms with Crippen LogP contribution in [0.3, 0.4) is 0 Å². The Morgan fingerprint density at radius 3 is 2.57 bits per heavy atom. The monoisotopic (exact) mass is 203 g/mol. The minimum Gasteiger partial charge on any atom is -0.383 e. The average Bonchev–Trinajstić information content (AvgIpc) is 2.03. The van der Waals surface area contributed by atoms with E-state index < -0.39 is 5.91 Å². The second kappa shape index (κ2) is 7.28. The number of nitrogens with one attached hydrogen (secondary N) is 2. The van der Waals surface area contributed by atoms with Crippen molar-refractivity contribution in [2.24, 2.45) is 5.73 Å². The SMILES string of the molecule is COCC(C)NC(=O)CNCC(N)=O. The van der Waals surface area contributed by atoms with E-state index in [-0.39, 0.29) is 25.0 Å². The number of amides is 2. The molecule has 0 fully saturated rings. The molecule has 0 aromatic rings. The third-order valence-corrected chi connectivity index (χ3v) is 1.41. The standard InChI is InChI=1S/C8H17N3O3/c1-6(5-14-2)11-8(13)4-10-3-7(9)12/h6,10H,3-5H2,1-2H3,(H2,9,12)(H,11,13). The molecule has 82 valence electrons. The topological polar surface area (TPSA) is 93.4 Å². The average molecular weight is 203 g/mol. The lowest BCUT2D eigenvalue weighted by molar-refractivity contribution is -0.121. The van der Waals surface area contributed by atoms with Crippen LogP contribution in [0.1, 0.15) is 6.92 Å². The van der Waals surface area contributed by atoms with E-state index in [4.69, 9.17) is 10.5 Å². The largest absolute Gasteiger partial charge is 0.383 e. The zero-order valence-electron chi connectivity index (χ0n) is 8.50. The molecule has 0 bridgehead atoms. The minimum absolute atomic E-state index is 0.00603. The van der Waals surface area contributed by atoms with Crippen LogP contribution in [-0.4, -0.2) is 44.7 Å². The molecule has 0 aromatic carbocycles. The number of primary amides is 1. The fraction of sp³-hybridized carbons (Fsp3) is 0.750. The maximum Gasteiger partial charge on any atom is 0.234 e. The van der Waals surface area contributed by atoms with E-state index in [1.807, 2.05) is 6.92 Å². The number of methoxy groups -OCH3 is 1. The Balaban J connectivity index is 3.50. The highest BCUT2D eigenvalue weighted by Crippen LogP contribution is 1.81. The molecule has 4 N–H and O–H groups in total. The van der Waals surface area contributed by atoms with E-state index in [1.165, 1.54) is 0 Å². The third-order valence-electron chi connectivity index (χ3n) is 1.41. The van der Waals surface area contributed by atoms with Gasteiger partial charge in [0, 0.05) is 13.2 Å². The molecule has 0 spiro atoms. The fourth-order valence-electron chi connectivity index (χ4n) is 0.917. The Kier molecular flexibility index (Phi) is 6.69. The number of rotatable bonds is 7. The molecule has 0 saturated heterocycles. The van der Waals surface area contributed by atoms with Crippen molar-refractivity contribution in [2.75, 3.05) is 26.8 Å². The third kappa shape index (κ3) is 7.51. The van der Waals surface area contributed by atoms with Crippen LogP contribution < -0.4 is 16.4 Å². The predicted molar refractivity (Wildman–Crippen MR) is 51.5 cm³/mol. The molecular weight excluding hydrogens is 186 g/mol. The van der Waals surface area contributed by atoms with Gasteiger partial charge in [-0.25, -0.2) is 0 Å². The van der Waals surface area contributed by atoms with Crippen LogP contribution >= 0.6 is 0 Å². The van der Waals surface area contributed by atoms with Gasteiger partial charge in [0.1, 0.15) is 0 Å². The normalized spacial score (nSPS) is 12.1. The van der Waals surface area contributed by atoms with Gasteiger partial charge in [0.05, 0.1) is 19.7 Å². The van der Waals surface area contributed by atoms with Crippen LogP contribution in [0, 0.1) is 0 Å². The van der Waals surface area contributed by atoms with E-state index in [0.717, 1.165) is 0 Å². The Hall–Kier alpha value is -1.14. The number of carbonyl (C=O) groups is 2. The predicted octanol–water partition coefficient (Wildman–Crippen LogP) is -1.79. The molecule has 0 aromatic heterocycles. The number of hydrogen-bond donors (Lipinski definition) is 3. The number of nitrogens with two attached hydrogens (primary N) is 1. The first-order chi connectivity index (χ1) is 6.56. The molecule has 6 nitrogen and oxygen atoms in total. The summed E-state index contributed by atoms with van der Waals surface area (Å²) >= 11 is 0. The molecule has 6 heteroatoms. The van der Waals surface area contributed by atoms with Crippen LogP contribution in [0.25, 0.3) is 0 Å².